The maximum Gasteiger partial charge on any atom is 0.142 e. The Bertz CT molecular complexity index is 1320. The number of rotatable bonds is 2. The first-order valence-electron chi connectivity index (χ1n) is 8.84. The Labute approximate surface area is 176 Å². The van der Waals surface area contributed by atoms with Crippen LogP contribution in [0.5, 0.6) is 0 Å². The summed E-state index contributed by atoms with van der Waals surface area (Å²) in [6, 6.07) is 16.0. The van der Waals surface area contributed by atoms with Crippen molar-refractivity contribution in [1.29, 1.82) is 10.5 Å². The van der Waals surface area contributed by atoms with E-state index < -0.39 is 0 Å². The fourth-order valence-corrected chi connectivity index (χ4v) is 3.96. The fraction of sp³-hybridized carbons (Fsp3) is 0.0870. The van der Waals surface area contributed by atoms with E-state index in [1.807, 2.05) is 56.3 Å². The first-order valence-corrected chi connectivity index (χ1v) is 9.63. The first-order chi connectivity index (χ1) is 13.9. The molecule has 0 amide bonds. The Hall–Kier alpha value is -3.61. The molecule has 0 saturated carbocycles. The summed E-state index contributed by atoms with van der Waals surface area (Å²) < 4.78 is 7.00. The van der Waals surface area contributed by atoms with Crippen molar-refractivity contribution in [2.24, 2.45) is 0 Å². The van der Waals surface area contributed by atoms with Gasteiger partial charge in [-0.2, -0.15) is 10.5 Å². The van der Waals surface area contributed by atoms with Gasteiger partial charge in [-0.15, -0.1) is 0 Å². The van der Waals surface area contributed by atoms with E-state index in [0.29, 0.717) is 28.2 Å². The molecule has 0 saturated heterocycles. The minimum atomic E-state index is 0.139. The summed E-state index contributed by atoms with van der Waals surface area (Å²) >= 11 is 3.47. The zero-order valence-electron chi connectivity index (χ0n) is 15.7. The summed E-state index contributed by atoms with van der Waals surface area (Å²) in [5.41, 5.74) is 11.3. The van der Waals surface area contributed by atoms with Gasteiger partial charge in [0.1, 0.15) is 29.5 Å². The summed E-state index contributed by atoms with van der Waals surface area (Å²) in [4.78, 5) is 4.34. The lowest BCUT2D eigenvalue weighted by atomic mass is 9.96. The van der Waals surface area contributed by atoms with Gasteiger partial charge in [-0.25, -0.2) is 4.98 Å². The third-order valence-corrected chi connectivity index (χ3v) is 5.50. The topological polar surface area (TPSA) is 99.6 Å². The highest BCUT2D eigenvalue weighted by Gasteiger charge is 2.29. The Kier molecular flexibility index (Phi) is 4.58. The van der Waals surface area contributed by atoms with Crippen LogP contribution in [0.1, 0.15) is 35.1 Å². The number of nitrogen functional groups attached to an aromatic ring is 1. The minimum Gasteiger partial charge on any atom is -0.457 e. The van der Waals surface area contributed by atoms with Gasteiger partial charge in [0, 0.05) is 15.6 Å². The zero-order valence-corrected chi connectivity index (χ0v) is 17.3. The lowest BCUT2D eigenvalue weighted by molar-refractivity contribution is 0.572. The zero-order chi connectivity index (χ0) is 20.7. The van der Waals surface area contributed by atoms with Crippen LogP contribution in [0.4, 0.5) is 5.82 Å². The van der Waals surface area contributed by atoms with Gasteiger partial charge >= 0.3 is 0 Å². The molecule has 0 aliphatic heterocycles. The molecule has 3 aromatic rings. The molecule has 4 rings (SSSR count). The molecule has 2 aromatic heterocycles. The van der Waals surface area contributed by atoms with Crippen molar-refractivity contribution in [3.05, 3.63) is 74.6 Å². The van der Waals surface area contributed by atoms with Crippen molar-refractivity contribution in [2.45, 2.75) is 13.8 Å². The molecule has 0 fully saturated rings. The molecule has 2 N–H and O–H groups in total. The monoisotopic (exact) mass is 442 g/mol. The number of nitrogens with two attached hydrogens (primary N) is 1. The largest absolute Gasteiger partial charge is 0.457 e. The van der Waals surface area contributed by atoms with E-state index >= 15 is 0 Å². The molecule has 6 heteroatoms. The lowest BCUT2D eigenvalue weighted by Gasteiger charge is -2.10. The van der Waals surface area contributed by atoms with Gasteiger partial charge in [0.15, 0.2) is 0 Å². The normalized spacial score (nSPS) is 14.0. The van der Waals surface area contributed by atoms with Gasteiger partial charge in [0.25, 0.3) is 0 Å². The van der Waals surface area contributed by atoms with E-state index in [0.717, 1.165) is 32.5 Å². The van der Waals surface area contributed by atoms with Crippen LogP contribution in [-0.4, -0.2) is 4.98 Å². The van der Waals surface area contributed by atoms with Crippen LogP contribution < -0.4 is 5.73 Å². The molecule has 0 atom stereocenters. The van der Waals surface area contributed by atoms with Crippen LogP contribution in [-0.2, 0) is 0 Å². The Morgan fingerprint density at radius 2 is 1.93 bits per heavy atom. The molecule has 1 aliphatic rings. The standard InChI is InChI=1S/C23H15BrN4O/c1-12-17(9-16-6-7-20(29-16)14-4-3-5-15(24)8-14)21-13(2)19(11-26)23(27)28-22(21)18(12)10-25/h3-9H,1-2H3,(H2,27,28)/b17-9+. The lowest BCUT2D eigenvalue weighted by Crippen LogP contribution is -2.03. The number of allylic oxidation sites excluding steroid dienone is 3. The van der Waals surface area contributed by atoms with E-state index in [9.17, 15) is 10.5 Å². The van der Waals surface area contributed by atoms with Crippen molar-refractivity contribution in [1.82, 2.24) is 4.98 Å². The predicted molar refractivity (Wildman–Crippen MR) is 116 cm³/mol. The van der Waals surface area contributed by atoms with Gasteiger partial charge in [-0.3, -0.25) is 0 Å². The first kappa shape index (κ1) is 18.7. The van der Waals surface area contributed by atoms with Crippen LogP contribution in [0.2, 0.25) is 0 Å². The van der Waals surface area contributed by atoms with Gasteiger partial charge in [-0.1, -0.05) is 28.1 Å². The molecule has 0 spiro atoms. The number of hydrogen-bond acceptors (Lipinski definition) is 5. The highest BCUT2D eigenvalue weighted by molar-refractivity contribution is 9.10. The quantitative estimate of drug-likeness (QED) is 0.546. The van der Waals surface area contributed by atoms with E-state index in [-0.39, 0.29) is 5.82 Å². The molecule has 140 valence electrons. The number of pyridine rings is 1. The second-order valence-electron chi connectivity index (χ2n) is 6.71. The van der Waals surface area contributed by atoms with Crippen LogP contribution >= 0.6 is 15.9 Å². The van der Waals surface area contributed by atoms with Gasteiger partial charge in [-0.05, 0) is 60.9 Å². The molecule has 0 bridgehead atoms. The molecule has 0 unspecified atom stereocenters. The number of furan rings is 1. The van der Waals surface area contributed by atoms with E-state index in [2.05, 4.69) is 33.1 Å². The highest BCUT2D eigenvalue weighted by atomic mass is 79.9. The minimum absolute atomic E-state index is 0.139. The number of nitrogens with zero attached hydrogens (tertiary/aromatic N) is 3. The second kappa shape index (κ2) is 7.09. The highest BCUT2D eigenvalue weighted by Crippen LogP contribution is 2.44. The number of anilines is 1. The average Bonchev–Trinajstić information content (AvgIpc) is 3.25. The van der Waals surface area contributed by atoms with Crippen molar-refractivity contribution in [3.8, 4) is 23.5 Å². The molecule has 2 heterocycles. The summed E-state index contributed by atoms with van der Waals surface area (Å²) in [7, 11) is 0. The Morgan fingerprint density at radius 1 is 1.14 bits per heavy atom. The number of nitriles is 2. The summed E-state index contributed by atoms with van der Waals surface area (Å²) in [5.74, 6) is 1.53. The molecule has 1 aliphatic carbocycles. The average molecular weight is 443 g/mol. The van der Waals surface area contributed by atoms with E-state index in [1.165, 1.54) is 0 Å². The van der Waals surface area contributed by atoms with Gasteiger partial charge in [0.2, 0.25) is 0 Å². The van der Waals surface area contributed by atoms with Gasteiger partial charge in [0.05, 0.1) is 16.8 Å². The van der Waals surface area contributed by atoms with E-state index in [1.54, 1.807) is 0 Å². The summed E-state index contributed by atoms with van der Waals surface area (Å²) in [6.07, 6.45) is 1.88. The summed E-state index contributed by atoms with van der Waals surface area (Å²) in [5, 5.41) is 19.1. The SMILES string of the molecule is CC1=C(C#N)c2nc(N)c(C#N)c(C)c2/C1=C/c1ccc(-c2cccc(Br)c2)o1. The van der Waals surface area contributed by atoms with Crippen molar-refractivity contribution >= 4 is 39.0 Å². The van der Waals surface area contributed by atoms with E-state index in [4.69, 9.17) is 10.2 Å². The maximum absolute atomic E-state index is 9.65. The number of aromatic nitrogens is 1. The third-order valence-electron chi connectivity index (χ3n) is 5.01. The van der Waals surface area contributed by atoms with Crippen LogP contribution in [0, 0.1) is 29.6 Å². The van der Waals surface area contributed by atoms with Crippen molar-refractivity contribution in [3.63, 3.8) is 0 Å². The number of halogens is 1. The fourth-order valence-electron chi connectivity index (χ4n) is 3.57. The van der Waals surface area contributed by atoms with Crippen molar-refractivity contribution < 1.29 is 4.42 Å². The second-order valence-corrected chi connectivity index (χ2v) is 7.63. The smallest absolute Gasteiger partial charge is 0.142 e. The number of benzene rings is 1. The number of fused-ring (bicyclic) bond motifs is 1. The summed E-state index contributed by atoms with van der Waals surface area (Å²) in [6.45, 7) is 3.69. The van der Waals surface area contributed by atoms with Crippen LogP contribution in [0.25, 0.3) is 28.5 Å². The maximum atomic E-state index is 9.65. The molecule has 5 nitrogen and oxygen atoms in total. The van der Waals surface area contributed by atoms with Crippen LogP contribution in [0.3, 0.4) is 0 Å². The van der Waals surface area contributed by atoms with Crippen LogP contribution in [0.15, 0.2) is 50.9 Å². The number of hydrogen-bond donors (Lipinski definition) is 1. The van der Waals surface area contributed by atoms with Crippen molar-refractivity contribution in [2.75, 3.05) is 5.73 Å². The molecular weight excluding hydrogens is 428 g/mol. The Balaban J connectivity index is 1.87. The predicted octanol–water partition coefficient (Wildman–Crippen LogP) is 5.72. The third kappa shape index (κ3) is 3.04. The van der Waals surface area contributed by atoms with Gasteiger partial charge < -0.3 is 10.2 Å². The molecule has 29 heavy (non-hydrogen) atoms. The molecular formula is C23H15BrN4O. The Morgan fingerprint density at radius 3 is 2.62 bits per heavy atom. The molecule has 1 aromatic carbocycles. The molecule has 0 radical (unpaired) electrons.